The molecule has 0 bridgehead atoms. The standard InChI is InChI=1S/C17H14BrNO3/c18-16-13(11-20)6-7-14-15(16)17(21)19(8-9-22-14)10-12-4-2-1-3-5-12/h1-7,11H,8-10H2. The molecule has 1 aliphatic heterocycles. The van der Waals surface area contributed by atoms with Crippen LogP contribution in [0.2, 0.25) is 0 Å². The van der Waals surface area contributed by atoms with Crippen LogP contribution < -0.4 is 4.74 Å². The largest absolute Gasteiger partial charge is 0.491 e. The Bertz CT molecular complexity index is 715. The highest BCUT2D eigenvalue weighted by Crippen LogP contribution is 2.32. The number of aldehydes is 1. The predicted octanol–water partition coefficient (Wildman–Crippen LogP) is 3.30. The van der Waals surface area contributed by atoms with Gasteiger partial charge in [-0.05, 0) is 33.6 Å². The molecule has 1 aliphatic rings. The normalized spacial score (nSPS) is 14.0. The monoisotopic (exact) mass is 359 g/mol. The van der Waals surface area contributed by atoms with Gasteiger partial charge in [0.25, 0.3) is 5.91 Å². The SMILES string of the molecule is O=Cc1ccc2c(c1Br)C(=O)N(Cc1ccccc1)CCO2. The van der Waals surface area contributed by atoms with Gasteiger partial charge >= 0.3 is 0 Å². The number of hydrogen-bond donors (Lipinski definition) is 0. The minimum absolute atomic E-state index is 0.132. The molecule has 1 heterocycles. The molecule has 0 aromatic heterocycles. The number of benzene rings is 2. The quantitative estimate of drug-likeness (QED) is 0.790. The molecule has 0 N–H and O–H groups in total. The van der Waals surface area contributed by atoms with Gasteiger partial charge in [-0.15, -0.1) is 0 Å². The fourth-order valence-corrected chi connectivity index (χ4v) is 3.06. The van der Waals surface area contributed by atoms with Gasteiger partial charge in [0.05, 0.1) is 12.1 Å². The fraction of sp³-hybridized carbons (Fsp3) is 0.176. The van der Waals surface area contributed by atoms with Crippen molar-refractivity contribution in [1.82, 2.24) is 4.90 Å². The van der Waals surface area contributed by atoms with Crippen LogP contribution in [0, 0.1) is 0 Å². The van der Waals surface area contributed by atoms with E-state index in [9.17, 15) is 9.59 Å². The third kappa shape index (κ3) is 2.76. The molecular weight excluding hydrogens is 346 g/mol. The maximum Gasteiger partial charge on any atom is 0.259 e. The van der Waals surface area contributed by atoms with E-state index in [-0.39, 0.29) is 5.91 Å². The summed E-state index contributed by atoms with van der Waals surface area (Å²) in [6.07, 6.45) is 0.726. The van der Waals surface area contributed by atoms with E-state index in [2.05, 4.69) is 15.9 Å². The number of ether oxygens (including phenoxy) is 1. The second kappa shape index (κ2) is 6.32. The fourth-order valence-electron chi connectivity index (χ4n) is 2.47. The Morgan fingerprint density at radius 2 is 1.95 bits per heavy atom. The molecule has 22 heavy (non-hydrogen) atoms. The van der Waals surface area contributed by atoms with Gasteiger partial charge in [0.15, 0.2) is 6.29 Å². The number of carbonyl (C=O) groups is 2. The van der Waals surface area contributed by atoms with E-state index in [4.69, 9.17) is 4.74 Å². The molecule has 0 radical (unpaired) electrons. The summed E-state index contributed by atoms with van der Waals surface area (Å²) in [4.78, 5) is 25.6. The maximum absolute atomic E-state index is 12.8. The van der Waals surface area contributed by atoms with Crippen molar-refractivity contribution in [3.05, 3.63) is 63.6 Å². The topological polar surface area (TPSA) is 46.6 Å². The summed E-state index contributed by atoms with van der Waals surface area (Å²) in [5.41, 5.74) is 1.91. The lowest BCUT2D eigenvalue weighted by atomic mass is 10.1. The molecule has 0 saturated carbocycles. The highest BCUT2D eigenvalue weighted by atomic mass is 79.9. The van der Waals surface area contributed by atoms with Gasteiger partial charge in [-0.3, -0.25) is 9.59 Å². The average molecular weight is 360 g/mol. The van der Waals surface area contributed by atoms with E-state index < -0.39 is 0 Å². The summed E-state index contributed by atoms with van der Waals surface area (Å²) >= 11 is 3.36. The zero-order valence-electron chi connectivity index (χ0n) is 11.8. The Hall–Kier alpha value is -2.14. The number of carbonyl (C=O) groups excluding carboxylic acids is 2. The lowest BCUT2D eigenvalue weighted by Gasteiger charge is -2.20. The summed E-state index contributed by atoms with van der Waals surface area (Å²) in [6.45, 7) is 1.45. The van der Waals surface area contributed by atoms with Gasteiger partial charge in [0, 0.05) is 16.6 Å². The van der Waals surface area contributed by atoms with Crippen molar-refractivity contribution in [1.29, 1.82) is 0 Å². The van der Waals surface area contributed by atoms with Crippen LogP contribution in [0.4, 0.5) is 0 Å². The number of nitrogens with zero attached hydrogens (tertiary/aromatic N) is 1. The highest BCUT2D eigenvalue weighted by Gasteiger charge is 2.27. The predicted molar refractivity (Wildman–Crippen MR) is 86.2 cm³/mol. The van der Waals surface area contributed by atoms with Crippen LogP contribution in [-0.4, -0.2) is 30.2 Å². The Balaban J connectivity index is 1.97. The molecule has 4 nitrogen and oxygen atoms in total. The van der Waals surface area contributed by atoms with E-state index in [1.165, 1.54) is 0 Å². The molecule has 0 unspecified atom stereocenters. The van der Waals surface area contributed by atoms with Crippen LogP contribution in [0.25, 0.3) is 0 Å². The zero-order valence-corrected chi connectivity index (χ0v) is 13.4. The van der Waals surface area contributed by atoms with Crippen LogP contribution >= 0.6 is 15.9 Å². The second-order valence-corrected chi connectivity index (χ2v) is 5.81. The molecule has 1 amide bonds. The Morgan fingerprint density at radius 1 is 1.18 bits per heavy atom. The van der Waals surface area contributed by atoms with Crippen molar-refractivity contribution < 1.29 is 14.3 Å². The summed E-state index contributed by atoms with van der Waals surface area (Å²) in [6, 6.07) is 13.1. The third-order valence-corrected chi connectivity index (χ3v) is 4.45. The smallest absolute Gasteiger partial charge is 0.259 e. The van der Waals surface area contributed by atoms with E-state index in [1.54, 1.807) is 17.0 Å². The molecule has 2 aromatic rings. The maximum atomic E-state index is 12.8. The molecule has 0 saturated heterocycles. The molecule has 112 valence electrons. The molecular formula is C17H14BrNO3. The first-order valence-electron chi connectivity index (χ1n) is 6.94. The van der Waals surface area contributed by atoms with Gasteiger partial charge in [-0.25, -0.2) is 0 Å². The number of rotatable bonds is 3. The Morgan fingerprint density at radius 3 is 2.68 bits per heavy atom. The van der Waals surface area contributed by atoms with Crippen LogP contribution in [0.5, 0.6) is 5.75 Å². The molecule has 2 aromatic carbocycles. The van der Waals surface area contributed by atoms with E-state index in [0.717, 1.165) is 11.8 Å². The van der Waals surface area contributed by atoms with Gasteiger partial charge < -0.3 is 9.64 Å². The highest BCUT2D eigenvalue weighted by molar-refractivity contribution is 9.10. The average Bonchev–Trinajstić information content (AvgIpc) is 2.69. The molecule has 0 atom stereocenters. The zero-order chi connectivity index (χ0) is 15.5. The number of hydrogen-bond acceptors (Lipinski definition) is 3. The third-order valence-electron chi connectivity index (χ3n) is 3.60. The number of amides is 1. The van der Waals surface area contributed by atoms with Gasteiger partial charge in [-0.2, -0.15) is 0 Å². The second-order valence-electron chi connectivity index (χ2n) is 5.02. The first-order valence-corrected chi connectivity index (χ1v) is 7.73. The minimum atomic E-state index is -0.132. The molecule has 3 rings (SSSR count). The van der Waals surface area contributed by atoms with Crippen molar-refractivity contribution in [3.63, 3.8) is 0 Å². The van der Waals surface area contributed by atoms with Crippen molar-refractivity contribution in [2.24, 2.45) is 0 Å². The van der Waals surface area contributed by atoms with E-state index in [1.807, 2.05) is 30.3 Å². The first kappa shape index (κ1) is 14.8. The lowest BCUT2D eigenvalue weighted by Crippen LogP contribution is -2.32. The number of fused-ring (bicyclic) bond motifs is 1. The number of halogens is 1. The van der Waals surface area contributed by atoms with Crippen molar-refractivity contribution in [2.75, 3.05) is 13.2 Å². The summed E-state index contributed by atoms with van der Waals surface area (Å²) < 4.78 is 6.15. The Kier molecular flexibility index (Phi) is 4.24. The molecule has 0 spiro atoms. The Labute approximate surface area is 136 Å². The van der Waals surface area contributed by atoms with E-state index >= 15 is 0 Å². The van der Waals surface area contributed by atoms with Crippen LogP contribution in [0.1, 0.15) is 26.3 Å². The molecule has 0 fully saturated rings. The lowest BCUT2D eigenvalue weighted by molar-refractivity contribution is 0.0742. The van der Waals surface area contributed by atoms with Crippen LogP contribution in [0.3, 0.4) is 0 Å². The minimum Gasteiger partial charge on any atom is -0.491 e. The summed E-state index contributed by atoms with van der Waals surface area (Å²) in [5.74, 6) is 0.380. The van der Waals surface area contributed by atoms with Crippen molar-refractivity contribution in [3.8, 4) is 5.75 Å². The first-order chi connectivity index (χ1) is 10.7. The summed E-state index contributed by atoms with van der Waals surface area (Å²) in [7, 11) is 0. The summed E-state index contributed by atoms with van der Waals surface area (Å²) in [5, 5.41) is 0. The molecule has 5 heteroatoms. The molecule has 0 aliphatic carbocycles. The van der Waals surface area contributed by atoms with Gasteiger partial charge in [-0.1, -0.05) is 30.3 Å². The van der Waals surface area contributed by atoms with Crippen molar-refractivity contribution >= 4 is 28.1 Å². The van der Waals surface area contributed by atoms with Crippen molar-refractivity contribution in [2.45, 2.75) is 6.54 Å². The van der Waals surface area contributed by atoms with E-state index in [0.29, 0.717) is 41.0 Å². The van der Waals surface area contributed by atoms with Gasteiger partial charge in [0.2, 0.25) is 0 Å². The van der Waals surface area contributed by atoms with Crippen LogP contribution in [-0.2, 0) is 6.54 Å². The van der Waals surface area contributed by atoms with Gasteiger partial charge in [0.1, 0.15) is 12.4 Å². The van der Waals surface area contributed by atoms with Crippen LogP contribution in [0.15, 0.2) is 46.9 Å².